The molecule has 21 heavy (non-hydrogen) atoms. The fourth-order valence-corrected chi connectivity index (χ4v) is 3.04. The average molecular weight is 289 g/mol. The topological polar surface area (TPSA) is 49.6 Å². The quantitative estimate of drug-likeness (QED) is 0.871. The maximum atomic E-state index is 12.4. The smallest absolute Gasteiger partial charge is 0.255 e. The van der Waals surface area contributed by atoms with Gasteiger partial charge in [-0.1, -0.05) is 13.8 Å². The van der Waals surface area contributed by atoms with Gasteiger partial charge in [-0.3, -0.25) is 4.79 Å². The Hall–Kier alpha value is -1.71. The van der Waals surface area contributed by atoms with Crippen LogP contribution in [0, 0.1) is 11.8 Å². The normalized spacial score (nSPS) is 16.3. The van der Waals surface area contributed by atoms with E-state index in [4.69, 9.17) is 5.73 Å². The highest BCUT2D eigenvalue weighted by Crippen LogP contribution is 2.31. The van der Waals surface area contributed by atoms with E-state index in [9.17, 15) is 4.79 Å². The van der Waals surface area contributed by atoms with Crippen molar-refractivity contribution in [2.45, 2.75) is 26.7 Å². The van der Waals surface area contributed by atoms with Crippen molar-refractivity contribution >= 4 is 17.3 Å². The lowest BCUT2D eigenvalue weighted by atomic mass is 9.86. The van der Waals surface area contributed by atoms with E-state index in [0.29, 0.717) is 5.69 Å². The van der Waals surface area contributed by atoms with Crippen LogP contribution in [0.25, 0.3) is 0 Å². The Balaban J connectivity index is 2.23. The van der Waals surface area contributed by atoms with E-state index in [0.717, 1.165) is 36.2 Å². The summed E-state index contributed by atoms with van der Waals surface area (Å²) in [7, 11) is 3.57. The number of anilines is 2. The Kier molecular flexibility index (Phi) is 4.76. The molecule has 1 fully saturated rings. The summed E-state index contributed by atoms with van der Waals surface area (Å²) >= 11 is 0. The predicted octanol–water partition coefficient (Wildman–Crippen LogP) is 2.84. The Morgan fingerprint density at radius 1 is 1.29 bits per heavy atom. The van der Waals surface area contributed by atoms with Gasteiger partial charge in [-0.25, -0.2) is 0 Å². The minimum atomic E-state index is 0.0379. The molecule has 1 aliphatic heterocycles. The van der Waals surface area contributed by atoms with Gasteiger partial charge < -0.3 is 15.5 Å². The lowest BCUT2D eigenvalue weighted by molar-refractivity contribution is 0.0828. The second-order valence-electron chi connectivity index (χ2n) is 6.54. The highest BCUT2D eigenvalue weighted by Gasteiger charge is 2.25. The number of nitrogens with zero attached hydrogens (tertiary/aromatic N) is 2. The third-order valence-corrected chi connectivity index (χ3v) is 4.48. The summed E-state index contributed by atoms with van der Waals surface area (Å²) in [5.74, 6) is 1.56. The summed E-state index contributed by atoms with van der Waals surface area (Å²) in [6.45, 7) is 6.59. The number of carbonyl (C=O) groups excluding carboxylic acids is 1. The highest BCUT2D eigenvalue weighted by molar-refractivity contribution is 6.00. The van der Waals surface area contributed by atoms with Crippen LogP contribution in [0.4, 0.5) is 11.4 Å². The predicted molar refractivity (Wildman–Crippen MR) is 88.6 cm³/mol. The average Bonchev–Trinajstić information content (AvgIpc) is 2.46. The molecule has 4 heteroatoms. The minimum absolute atomic E-state index is 0.0379. The Labute approximate surface area is 127 Å². The first-order chi connectivity index (χ1) is 9.90. The molecule has 0 atom stereocenters. The monoisotopic (exact) mass is 289 g/mol. The first-order valence-electron chi connectivity index (χ1n) is 7.76. The van der Waals surface area contributed by atoms with Crippen LogP contribution in [-0.4, -0.2) is 38.0 Å². The van der Waals surface area contributed by atoms with Gasteiger partial charge in [0, 0.05) is 32.9 Å². The van der Waals surface area contributed by atoms with Crippen molar-refractivity contribution in [2.75, 3.05) is 37.8 Å². The van der Waals surface area contributed by atoms with Crippen LogP contribution in [0.2, 0.25) is 0 Å². The van der Waals surface area contributed by atoms with E-state index in [1.807, 2.05) is 12.1 Å². The van der Waals surface area contributed by atoms with Gasteiger partial charge in [0.15, 0.2) is 0 Å². The van der Waals surface area contributed by atoms with Gasteiger partial charge in [-0.2, -0.15) is 0 Å². The Morgan fingerprint density at radius 2 is 1.90 bits per heavy atom. The van der Waals surface area contributed by atoms with E-state index in [2.05, 4.69) is 18.7 Å². The fourth-order valence-electron chi connectivity index (χ4n) is 3.04. The largest absolute Gasteiger partial charge is 0.399 e. The van der Waals surface area contributed by atoms with Gasteiger partial charge in [0.05, 0.1) is 11.3 Å². The van der Waals surface area contributed by atoms with Crippen LogP contribution in [-0.2, 0) is 0 Å². The van der Waals surface area contributed by atoms with Crippen LogP contribution in [0.5, 0.6) is 0 Å². The first kappa shape index (κ1) is 15.7. The van der Waals surface area contributed by atoms with E-state index in [-0.39, 0.29) is 5.91 Å². The molecule has 0 saturated carbocycles. The van der Waals surface area contributed by atoms with Crippen LogP contribution in [0.15, 0.2) is 18.2 Å². The molecule has 1 heterocycles. The summed E-state index contributed by atoms with van der Waals surface area (Å²) in [6, 6.07) is 5.59. The molecule has 116 valence electrons. The van der Waals surface area contributed by atoms with Gasteiger partial charge in [0.25, 0.3) is 5.91 Å². The van der Waals surface area contributed by atoms with Crippen molar-refractivity contribution in [1.82, 2.24) is 4.90 Å². The molecule has 1 aromatic rings. The summed E-state index contributed by atoms with van der Waals surface area (Å²) in [5, 5.41) is 0. The second-order valence-corrected chi connectivity index (χ2v) is 6.54. The molecule has 1 saturated heterocycles. The zero-order valence-electron chi connectivity index (χ0n) is 13.6. The SMILES string of the molecule is CC(C)C1CCN(c2cc(N)ccc2C(=O)N(C)C)CC1. The van der Waals surface area contributed by atoms with Crippen LogP contribution < -0.4 is 10.6 Å². The number of carbonyl (C=O) groups is 1. The summed E-state index contributed by atoms with van der Waals surface area (Å²) in [4.78, 5) is 16.3. The molecule has 0 unspecified atom stereocenters. The highest BCUT2D eigenvalue weighted by atomic mass is 16.2. The van der Waals surface area contributed by atoms with E-state index in [1.165, 1.54) is 12.8 Å². The van der Waals surface area contributed by atoms with Crippen molar-refractivity contribution in [3.05, 3.63) is 23.8 Å². The van der Waals surface area contributed by atoms with Gasteiger partial charge in [-0.15, -0.1) is 0 Å². The summed E-state index contributed by atoms with van der Waals surface area (Å²) in [6.07, 6.45) is 2.37. The van der Waals surface area contributed by atoms with Gasteiger partial charge >= 0.3 is 0 Å². The number of rotatable bonds is 3. The number of nitrogen functional groups attached to an aromatic ring is 1. The van der Waals surface area contributed by atoms with Crippen LogP contribution in [0.3, 0.4) is 0 Å². The van der Waals surface area contributed by atoms with Crippen LogP contribution in [0.1, 0.15) is 37.0 Å². The number of hydrogen-bond donors (Lipinski definition) is 1. The summed E-state index contributed by atoms with van der Waals surface area (Å²) in [5.41, 5.74) is 8.38. The zero-order chi connectivity index (χ0) is 15.6. The third-order valence-electron chi connectivity index (χ3n) is 4.48. The molecule has 0 radical (unpaired) electrons. The molecule has 0 aliphatic carbocycles. The van der Waals surface area contributed by atoms with Gasteiger partial charge in [-0.05, 0) is 42.9 Å². The molecule has 0 aromatic heterocycles. The van der Waals surface area contributed by atoms with Crippen LogP contribution >= 0.6 is 0 Å². The second kappa shape index (κ2) is 6.37. The Morgan fingerprint density at radius 3 is 2.43 bits per heavy atom. The molecular weight excluding hydrogens is 262 g/mol. The van der Waals surface area contributed by atoms with Crippen molar-refractivity contribution in [3.63, 3.8) is 0 Å². The molecule has 2 N–H and O–H groups in total. The lowest BCUT2D eigenvalue weighted by Crippen LogP contribution is -2.36. The first-order valence-corrected chi connectivity index (χ1v) is 7.76. The van der Waals surface area contributed by atoms with E-state index in [1.54, 1.807) is 25.1 Å². The van der Waals surface area contributed by atoms with E-state index >= 15 is 0 Å². The van der Waals surface area contributed by atoms with E-state index < -0.39 is 0 Å². The number of nitrogens with two attached hydrogens (primary N) is 1. The Bertz CT molecular complexity index is 503. The van der Waals surface area contributed by atoms with Crippen molar-refractivity contribution in [1.29, 1.82) is 0 Å². The maximum absolute atomic E-state index is 12.4. The maximum Gasteiger partial charge on any atom is 0.255 e. The fraction of sp³-hybridized carbons (Fsp3) is 0.588. The standard InChI is InChI=1S/C17H27N3O/c1-12(2)13-7-9-20(10-8-13)16-11-14(18)5-6-15(16)17(21)19(3)4/h5-6,11-13H,7-10,18H2,1-4H3. The van der Waals surface area contributed by atoms with Gasteiger partial charge in [0.1, 0.15) is 0 Å². The number of piperidine rings is 1. The number of hydrogen-bond acceptors (Lipinski definition) is 3. The third kappa shape index (κ3) is 3.49. The molecule has 0 spiro atoms. The number of amides is 1. The van der Waals surface area contributed by atoms with Crippen molar-refractivity contribution < 1.29 is 4.79 Å². The van der Waals surface area contributed by atoms with Gasteiger partial charge in [0.2, 0.25) is 0 Å². The molecular formula is C17H27N3O. The van der Waals surface area contributed by atoms with Crippen molar-refractivity contribution in [3.8, 4) is 0 Å². The molecule has 1 amide bonds. The molecule has 1 aromatic carbocycles. The summed E-state index contributed by atoms with van der Waals surface area (Å²) < 4.78 is 0. The molecule has 2 rings (SSSR count). The van der Waals surface area contributed by atoms with Crippen molar-refractivity contribution in [2.24, 2.45) is 11.8 Å². The minimum Gasteiger partial charge on any atom is -0.399 e. The number of benzene rings is 1. The lowest BCUT2D eigenvalue weighted by Gasteiger charge is -2.36. The molecule has 0 bridgehead atoms. The molecule has 1 aliphatic rings. The molecule has 4 nitrogen and oxygen atoms in total. The zero-order valence-corrected chi connectivity index (χ0v) is 13.6.